The van der Waals surface area contributed by atoms with Crippen LogP contribution < -0.4 is 20.2 Å². The van der Waals surface area contributed by atoms with E-state index in [-0.39, 0.29) is 0 Å². The zero-order valence-corrected chi connectivity index (χ0v) is 13.3. The fourth-order valence-corrected chi connectivity index (χ4v) is 1.87. The van der Waals surface area contributed by atoms with Gasteiger partial charge in [-0.25, -0.2) is 5.43 Å². The minimum atomic E-state index is -0.889. The summed E-state index contributed by atoms with van der Waals surface area (Å²) in [5.74, 6) is -0.611. The van der Waals surface area contributed by atoms with Gasteiger partial charge in [-0.3, -0.25) is 9.59 Å². The molecule has 2 rings (SSSR count). The minimum Gasteiger partial charge on any atom is -0.497 e. The number of amides is 2. The summed E-state index contributed by atoms with van der Waals surface area (Å²) in [5, 5.41) is 6.21. The standard InChI is InChI=1S/C17H17N3O4/c1-23-13-7-5-6-12(10-13)11-18-20-17(22)16(21)19-14-8-3-4-9-15(14)24-2/h3-11H,1-2H3,(H,19,21)(H,20,22). The Morgan fingerprint density at radius 2 is 1.79 bits per heavy atom. The van der Waals surface area contributed by atoms with Gasteiger partial charge in [0.05, 0.1) is 26.1 Å². The van der Waals surface area contributed by atoms with Crippen LogP contribution in [0.3, 0.4) is 0 Å². The van der Waals surface area contributed by atoms with Gasteiger partial charge in [-0.1, -0.05) is 24.3 Å². The SMILES string of the molecule is COc1cccc(C=NNC(=O)C(=O)Nc2ccccc2OC)c1. The molecule has 0 aromatic heterocycles. The second-order valence-electron chi connectivity index (χ2n) is 4.63. The van der Waals surface area contributed by atoms with Crippen molar-refractivity contribution < 1.29 is 19.1 Å². The number of hydrazone groups is 1. The summed E-state index contributed by atoms with van der Waals surface area (Å²) in [4.78, 5) is 23.6. The van der Waals surface area contributed by atoms with E-state index in [0.29, 0.717) is 17.2 Å². The van der Waals surface area contributed by atoms with Gasteiger partial charge in [-0.15, -0.1) is 0 Å². The molecule has 2 N–H and O–H groups in total. The van der Waals surface area contributed by atoms with Gasteiger partial charge in [0, 0.05) is 0 Å². The molecule has 2 aromatic rings. The minimum absolute atomic E-state index is 0.400. The van der Waals surface area contributed by atoms with Crippen LogP contribution >= 0.6 is 0 Å². The van der Waals surface area contributed by atoms with Gasteiger partial charge in [-0.2, -0.15) is 5.10 Å². The number of nitrogens with one attached hydrogen (secondary N) is 2. The molecule has 0 aliphatic heterocycles. The first-order valence-electron chi connectivity index (χ1n) is 7.05. The van der Waals surface area contributed by atoms with Gasteiger partial charge in [0.1, 0.15) is 11.5 Å². The maximum atomic E-state index is 11.9. The Labute approximate surface area is 139 Å². The lowest BCUT2D eigenvalue weighted by Gasteiger charge is -2.08. The Kier molecular flexibility index (Phi) is 5.90. The summed E-state index contributed by atoms with van der Waals surface area (Å²) in [6.07, 6.45) is 1.41. The molecule has 2 aromatic carbocycles. The van der Waals surface area contributed by atoms with Crippen molar-refractivity contribution in [3.8, 4) is 11.5 Å². The van der Waals surface area contributed by atoms with Crippen LogP contribution in [0.1, 0.15) is 5.56 Å². The van der Waals surface area contributed by atoms with E-state index in [2.05, 4.69) is 15.8 Å². The Hall–Kier alpha value is -3.35. The third kappa shape index (κ3) is 4.57. The first-order valence-corrected chi connectivity index (χ1v) is 7.05. The van der Waals surface area contributed by atoms with Crippen molar-refractivity contribution in [2.75, 3.05) is 19.5 Å². The molecule has 0 unspecified atom stereocenters. The molecule has 124 valence electrons. The normalized spacial score (nSPS) is 10.2. The number of carbonyl (C=O) groups is 2. The zero-order valence-electron chi connectivity index (χ0n) is 13.3. The number of anilines is 1. The van der Waals surface area contributed by atoms with Crippen molar-refractivity contribution in [2.45, 2.75) is 0 Å². The quantitative estimate of drug-likeness (QED) is 0.498. The molecule has 0 saturated carbocycles. The second kappa shape index (κ2) is 8.33. The van der Waals surface area contributed by atoms with E-state index in [1.807, 2.05) is 0 Å². The fraction of sp³-hybridized carbons (Fsp3) is 0.118. The van der Waals surface area contributed by atoms with E-state index < -0.39 is 11.8 Å². The van der Waals surface area contributed by atoms with Crippen molar-refractivity contribution >= 4 is 23.7 Å². The fourth-order valence-electron chi connectivity index (χ4n) is 1.87. The highest BCUT2D eigenvalue weighted by Gasteiger charge is 2.14. The molecule has 0 atom stereocenters. The van der Waals surface area contributed by atoms with E-state index in [1.54, 1.807) is 55.6 Å². The molecule has 0 bridgehead atoms. The van der Waals surface area contributed by atoms with E-state index >= 15 is 0 Å². The molecule has 24 heavy (non-hydrogen) atoms. The Morgan fingerprint density at radius 3 is 2.54 bits per heavy atom. The lowest BCUT2D eigenvalue weighted by Crippen LogP contribution is -2.32. The topological polar surface area (TPSA) is 89.0 Å². The van der Waals surface area contributed by atoms with Gasteiger partial charge in [0.15, 0.2) is 0 Å². The molecular formula is C17H17N3O4. The smallest absolute Gasteiger partial charge is 0.329 e. The van der Waals surface area contributed by atoms with E-state index in [1.165, 1.54) is 13.3 Å². The summed E-state index contributed by atoms with van der Waals surface area (Å²) < 4.78 is 10.2. The van der Waals surface area contributed by atoms with Crippen LogP contribution in [0, 0.1) is 0 Å². The first-order chi connectivity index (χ1) is 11.6. The van der Waals surface area contributed by atoms with Crippen LogP contribution in [0.5, 0.6) is 11.5 Å². The van der Waals surface area contributed by atoms with Crippen LogP contribution in [0.4, 0.5) is 5.69 Å². The average molecular weight is 327 g/mol. The number of para-hydroxylation sites is 2. The molecule has 0 saturated heterocycles. The van der Waals surface area contributed by atoms with Crippen molar-refractivity contribution in [3.05, 3.63) is 54.1 Å². The van der Waals surface area contributed by atoms with Gasteiger partial charge in [0.25, 0.3) is 0 Å². The average Bonchev–Trinajstić information content (AvgIpc) is 2.62. The van der Waals surface area contributed by atoms with Crippen LogP contribution in [0.2, 0.25) is 0 Å². The Balaban J connectivity index is 1.94. The molecule has 0 aliphatic rings. The summed E-state index contributed by atoms with van der Waals surface area (Å²) >= 11 is 0. The van der Waals surface area contributed by atoms with Gasteiger partial charge >= 0.3 is 11.8 Å². The maximum absolute atomic E-state index is 11.9. The Bertz CT molecular complexity index is 759. The van der Waals surface area contributed by atoms with Gasteiger partial charge in [0.2, 0.25) is 0 Å². The number of rotatable bonds is 5. The molecule has 0 spiro atoms. The lowest BCUT2D eigenvalue weighted by atomic mass is 10.2. The predicted molar refractivity (Wildman–Crippen MR) is 90.4 cm³/mol. The summed E-state index contributed by atoms with van der Waals surface area (Å²) in [6.45, 7) is 0. The maximum Gasteiger partial charge on any atom is 0.329 e. The van der Waals surface area contributed by atoms with Crippen LogP contribution in [0.15, 0.2) is 53.6 Å². The number of hydrogen-bond donors (Lipinski definition) is 2. The van der Waals surface area contributed by atoms with Gasteiger partial charge in [-0.05, 0) is 29.8 Å². The summed E-state index contributed by atoms with van der Waals surface area (Å²) in [5.41, 5.74) is 3.28. The third-order valence-corrected chi connectivity index (χ3v) is 3.03. The number of methoxy groups -OCH3 is 2. The summed E-state index contributed by atoms with van der Waals surface area (Å²) in [6, 6.07) is 13.9. The highest BCUT2D eigenvalue weighted by atomic mass is 16.5. The van der Waals surface area contributed by atoms with Crippen molar-refractivity contribution in [1.29, 1.82) is 0 Å². The molecule has 0 fully saturated rings. The Morgan fingerprint density at radius 1 is 1.00 bits per heavy atom. The van der Waals surface area contributed by atoms with Gasteiger partial charge < -0.3 is 14.8 Å². The monoisotopic (exact) mass is 327 g/mol. The highest BCUT2D eigenvalue weighted by molar-refractivity contribution is 6.39. The zero-order chi connectivity index (χ0) is 17.4. The van der Waals surface area contributed by atoms with E-state index in [9.17, 15) is 9.59 Å². The number of nitrogens with zero attached hydrogens (tertiary/aromatic N) is 1. The van der Waals surface area contributed by atoms with Crippen molar-refractivity contribution in [3.63, 3.8) is 0 Å². The molecular weight excluding hydrogens is 310 g/mol. The number of benzene rings is 2. The molecule has 2 amide bonds. The molecule has 7 heteroatoms. The molecule has 0 aliphatic carbocycles. The van der Waals surface area contributed by atoms with Crippen molar-refractivity contribution in [1.82, 2.24) is 5.43 Å². The third-order valence-electron chi connectivity index (χ3n) is 3.03. The van der Waals surface area contributed by atoms with Crippen LogP contribution in [-0.2, 0) is 9.59 Å². The molecule has 7 nitrogen and oxygen atoms in total. The largest absolute Gasteiger partial charge is 0.497 e. The van der Waals surface area contributed by atoms with Crippen LogP contribution in [0.25, 0.3) is 0 Å². The second-order valence-corrected chi connectivity index (χ2v) is 4.63. The van der Waals surface area contributed by atoms with Crippen molar-refractivity contribution in [2.24, 2.45) is 5.10 Å². The van der Waals surface area contributed by atoms with E-state index in [0.717, 1.165) is 5.56 Å². The number of ether oxygens (including phenoxy) is 2. The highest BCUT2D eigenvalue weighted by Crippen LogP contribution is 2.22. The number of hydrogen-bond acceptors (Lipinski definition) is 5. The van der Waals surface area contributed by atoms with Crippen LogP contribution in [-0.4, -0.2) is 32.2 Å². The molecule has 0 heterocycles. The summed E-state index contributed by atoms with van der Waals surface area (Å²) in [7, 11) is 3.03. The number of carbonyl (C=O) groups excluding carboxylic acids is 2. The lowest BCUT2D eigenvalue weighted by molar-refractivity contribution is -0.136. The predicted octanol–water partition coefficient (Wildman–Crippen LogP) is 1.79. The first kappa shape index (κ1) is 17.0. The van der Waals surface area contributed by atoms with E-state index in [4.69, 9.17) is 9.47 Å². The molecule has 0 radical (unpaired) electrons.